The fraction of sp³-hybridized carbons (Fsp3) is 0.500. The second kappa shape index (κ2) is 8.56. The van der Waals surface area contributed by atoms with Crippen molar-refractivity contribution < 1.29 is 4.79 Å². The smallest absolute Gasteiger partial charge is 0.233 e. The number of hydrogen-bond donors (Lipinski definition) is 1. The summed E-state index contributed by atoms with van der Waals surface area (Å²) in [4.78, 5) is 12.0. The maximum atomic E-state index is 12.0. The summed E-state index contributed by atoms with van der Waals surface area (Å²) in [5, 5.41) is 11.4. The molecule has 7 heteroatoms. The van der Waals surface area contributed by atoms with Gasteiger partial charge in [-0.05, 0) is 36.8 Å². The van der Waals surface area contributed by atoms with E-state index in [1.807, 2.05) is 6.92 Å². The summed E-state index contributed by atoms with van der Waals surface area (Å²) >= 11 is 4.75. The van der Waals surface area contributed by atoms with E-state index in [1.54, 1.807) is 23.1 Å². The lowest BCUT2D eigenvalue weighted by Crippen LogP contribution is -2.32. The monoisotopic (exact) mass is 393 g/mol. The van der Waals surface area contributed by atoms with Crippen LogP contribution in [0.1, 0.15) is 50.7 Å². The van der Waals surface area contributed by atoms with Crippen molar-refractivity contribution in [3.05, 3.63) is 35.4 Å². The first-order valence-electron chi connectivity index (χ1n) is 8.53. The molecule has 0 radical (unpaired) electrons. The molecule has 1 N–H and O–H groups in total. The van der Waals surface area contributed by atoms with Gasteiger partial charge in [0.25, 0.3) is 0 Å². The quantitative estimate of drug-likeness (QED) is 0.658. The number of rotatable bonds is 8. The Morgan fingerprint density at radius 2 is 1.88 bits per heavy atom. The third kappa shape index (κ3) is 5.72. The summed E-state index contributed by atoms with van der Waals surface area (Å²) in [5.74, 6) is 1.54. The summed E-state index contributed by atoms with van der Waals surface area (Å²) in [6.45, 7) is 6.33. The minimum Gasteiger partial charge on any atom is -0.352 e. The van der Waals surface area contributed by atoms with Crippen LogP contribution in [0, 0.1) is 0 Å². The maximum absolute atomic E-state index is 12.0. The zero-order chi connectivity index (χ0) is 17.8. The van der Waals surface area contributed by atoms with E-state index in [-0.39, 0.29) is 11.2 Å². The number of carbonyl (C=O) groups is 1. The summed E-state index contributed by atoms with van der Waals surface area (Å²) in [7, 11) is 0. The van der Waals surface area contributed by atoms with Crippen molar-refractivity contribution in [3.63, 3.8) is 0 Å². The predicted octanol–water partition coefficient (Wildman–Crippen LogP) is 4.71. The molecule has 0 unspecified atom stereocenters. The van der Waals surface area contributed by atoms with Crippen molar-refractivity contribution in [1.29, 1.82) is 0 Å². The van der Waals surface area contributed by atoms with Gasteiger partial charge in [0.1, 0.15) is 0 Å². The number of amides is 1. The third-order valence-electron chi connectivity index (χ3n) is 3.97. The van der Waals surface area contributed by atoms with Gasteiger partial charge >= 0.3 is 0 Å². The lowest BCUT2D eigenvalue weighted by Gasteiger charge is -2.08. The van der Waals surface area contributed by atoms with E-state index in [1.165, 1.54) is 22.9 Å². The number of benzene rings is 1. The molecule has 3 rings (SSSR count). The highest BCUT2D eigenvalue weighted by molar-refractivity contribution is 8.03. The Morgan fingerprint density at radius 1 is 1.20 bits per heavy atom. The Morgan fingerprint density at radius 3 is 2.52 bits per heavy atom. The van der Waals surface area contributed by atoms with Crippen LogP contribution in [0.4, 0.5) is 0 Å². The van der Waals surface area contributed by atoms with Crippen molar-refractivity contribution >= 4 is 40.8 Å². The first-order valence-corrected chi connectivity index (χ1v) is 11.2. The van der Waals surface area contributed by atoms with Gasteiger partial charge in [-0.1, -0.05) is 73.0 Å². The number of nitrogens with zero attached hydrogens (tertiary/aromatic N) is 2. The number of aromatic nitrogens is 2. The Kier molecular flexibility index (Phi) is 6.41. The zero-order valence-corrected chi connectivity index (χ0v) is 17.1. The Labute approximate surface area is 161 Å². The Hall–Kier alpha value is -1.05. The van der Waals surface area contributed by atoms with Crippen LogP contribution in [0.2, 0.25) is 0 Å². The molecule has 1 aromatic carbocycles. The highest BCUT2D eigenvalue weighted by Crippen LogP contribution is 2.33. The van der Waals surface area contributed by atoms with Crippen LogP contribution in [0.15, 0.2) is 32.9 Å². The van der Waals surface area contributed by atoms with Gasteiger partial charge in [-0.2, -0.15) is 0 Å². The molecule has 25 heavy (non-hydrogen) atoms. The van der Waals surface area contributed by atoms with Crippen molar-refractivity contribution in [2.24, 2.45) is 0 Å². The SMILES string of the molecule is CC(C)c1ccc(CSc2nnc(S[C@@H](C)C(=O)NC3CC3)s2)cc1. The summed E-state index contributed by atoms with van der Waals surface area (Å²) < 4.78 is 1.81. The molecule has 4 nitrogen and oxygen atoms in total. The minimum absolute atomic E-state index is 0.0992. The van der Waals surface area contributed by atoms with E-state index in [2.05, 4.69) is 53.6 Å². The van der Waals surface area contributed by atoms with Crippen LogP contribution in [0.25, 0.3) is 0 Å². The van der Waals surface area contributed by atoms with Gasteiger partial charge < -0.3 is 5.32 Å². The minimum atomic E-state index is -0.130. The average Bonchev–Trinajstić information content (AvgIpc) is 3.30. The van der Waals surface area contributed by atoms with Crippen LogP contribution in [0.3, 0.4) is 0 Å². The molecule has 1 saturated carbocycles. The summed E-state index contributed by atoms with van der Waals surface area (Å²) in [6.07, 6.45) is 2.22. The van der Waals surface area contributed by atoms with Crippen LogP contribution >= 0.6 is 34.9 Å². The molecule has 1 aliphatic rings. The first kappa shape index (κ1) is 18.7. The zero-order valence-electron chi connectivity index (χ0n) is 14.7. The van der Waals surface area contributed by atoms with Gasteiger partial charge in [-0.25, -0.2) is 0 Å². The topological polar surface area (TPSA) is 54.9 Å². The van der Waals surface area contributed by atoms with Crippen molar-refractivity contribution in [1.82, 2.24) is 15.5 Å². The molecule has 1 fully saturated rings. The molecule has 1 atom stereocenters. The fourth-order valence-corrected chi connectivity index (χ4v) is 5.33. The van der Waals surface area contributed by atoms with Crippen LogP contribution < -0.4 is 5.32 Å². The summed E-state index contributed by atoms with van der Waals surface area (Å²) in [5.41, 5.74) is 2.65. The maximum Gasteiger partial charge on any atom is 0.233 e. The summed E-state index contributed by atoms with van der Waals surface area (Å²) in [6, 6.07) is 9.16. The van der Waals surface area contributed by atoms with E-state index in [0.29, 0.717) is 12.0 Å². The van der Waals surface area contributed by atoms with Gasteiger partial charge in [-0.3, -0.25) is 4.79 Å². The Bertz CT molecular complexity index is 711. The highest BCUT2D eigenvalue weighted by atomic mass is 32.2. The van der Waals surface area contributed by atoms with E-state index in [0.717, 1.165) is 27.3 Å². The second-order valence-electron chi connectivity index (χ2n) is 6.56. The van der Waals surface area contributed by atoms with E-state index in [4.69, 9.17) is 0 Å². The molecule has 134 valence electrons. The average molecular weight is 394 g/mol. The number of hydrogen-bond acceptors (Lipinski definition) is 6. The van der Waals surface area contributed by atoms with Crippen molar-refractivity contribution in [2.75, 3.05) is 0 Å². The van der Waals surface area contributed by atoms with Gasteiger partial charge in [0, 0.05) is 11.8 Å². The van der Waals surface area contributed by atoms with Gasteiger partial charge in [0.05, 0.1) is 5.25 Å². The van der Waals surface area contributed by atoms with Crippen LogP contribution in [0.5, 0.6) is 0 Å². The number of thioether (sulfide) groups is 2. The van der Waals surface area contributed by atoms with Gasteiger partial charge in [-0.15, -0.1) is 10.2 Å². The molecular formula is C18H23N3OS3. The lowest BCUT2D eigenvalue weighted by molar-refractivity contribution is -0.120. The van der Waals surface area contributed by atoms with Crippen molar-refractivity contribution in [3.8, 4) is 0 Å². The standard InChI is InChI=1S/C18H23N3OS3/c1-11(2)14-6-4-13(5-7-14)10-23-17-20-21-18(25-17)24-12(3)16(22)19-15-8-9-15/h4-7,11-12,15H,8-10H2,1-3H3,(H,19,22)/t12-/m0/s1. The molecule has 1 heterocycles. The molecule has 1 aliphatic carbocycles. The van der Waals surface area contributed by atoms with E-state index in [9.17, 15) is 4.79 Å². The molecule has 0 saturated heterocycles. The molecule has 0 aliphatic heterocycles. The number of carbonyl (C=O) groups excluding carboxylic acids is 1. The molecule has 2 aromatic rings. The third-order valence-corrected chi connectivity index (χ3v) is 7.28. The molecule has 0 spiro atoms. The number of nitrogens with one attached hydrogen (secondary N) is 1. The van der Waals surface area contributed by atoms with E-state index >= 15 is 0 Å². The fourth-order valence-electron chi connectivity index (χ4n) is 2.20. The largest absolute Gasteiger partial charge is 0.352 e. The normalized spacial score (nSPS) is 15.4. The Balaban J connectivity index is 1.48. The first-order chi connectivity index (χ1) is 12.0. The molecule has 1 aromatic heterocycles. The lowest BCUT2D eigenvalue weighted by atomic mass is 10.0. The molecule has 0 bridgehead atoms. The van der Waals surface area contributed by atoms with Gasteiger partial charge in [0.15, 0.2) is 8.68 Å². The second-order valence-corrected chi connectivity index (χ2v) is 10.3. The van der Waals surface area contributed by atoms with Gasteiger partial charge in [0.2, 0.25) is 5.91 Å². The molecular weight excluding hydrogens is 370 g/mol. The van der Waals surface area contributed by atoms with E-state index < -0.39 is 0 Å². The highest BCUT2D eigenvalue weighted by Gasteiger charge is 2.26. The van der Waals surface area contributed by atoms with Crippen LogP contribution in [-0.4, -0.2) is 27.4 Å². The molecule has 1 amide bonds. The van der Waals surface area contributed by atoms with Crippen molar-refractivity contribution in [2.45, 2.75) is 65.3 Å². The van der Waals surface area contributed by atoms with Crippen LogP contribution in [-0.2, 0) is 10.5 Å². The predicted molar refractivity (Wildman–Crippen MR) is 106 cm³/mol.